The smallest absolute Gasteiger partial charge is 0.410 e. The van der Waals surface area contributed by atoms with E-state index in [4.69, 9.17) is 24.2 Å². The van der Waals surface area contributed by atoms with Crippen molar-refractivity contribution >= 4 is 23.4 Å². The molecule has 0 spiro atoms. The molecular formula is C35H40N6O4. The van der Waals surface area contributed by atoms with E-state index in [0.29, 0.717) is 56.9 Å². The molecule has 10 heteroatoms. The van der Waals surface area contributed by atoms with Crippen molar-refractivity contribution in [1.82, 2.24) is 19.9 Å². The molecule has 1 saturated heterocycles. The van der Waals surface area contributed by atoms with Gasteiger partial charge in [-0.25, -0.2) is 14.8 Å². The van der Waals surface area contributed by atoms with Crippen LogP contribution in [0.3, 0.4) is 0 Å². The Bertz CT molecular complexity index is 1620. The van der Waals surface area contributed by atoms with E-state index in [-0.39, 0.29) is 12.1 Å². The number of ether oxygens (including phenoxy) is 3. The third-order valence-corrected chi connectivity index (χ3v) is 7.70. The molecule has 2 aromatic heterocycles. The zero-order valence-electron chi connectivity index (χ0n) is 26.3. The van der Waals surface area contributed by atoms with Gasteiger partial charge in [0.1, 0.15) is 23.8 Å². The van der Waals surface area contributed by atoms with Crippen molar-refractivity contribution in [2.24, 2.45) is 0 Å². The molecule has 2 aromatic carbocycles. The second-order valence-corrected chi connectivity index (χ2v) is 12.4. The Morgan fingerprint density at radius 3 is 2.53 bits per heavy atom. The summed E-state index contributed by atoms with van der Waals surface area (Å²) in [7, 11) is 0. The maximum atomic E-state index is 12.9. The Morgan fingerprint density at radius 1 is 0.978 bits per heavy atom. The molecule has 0 aliphatic carbocycles. The van der Waals surface area contributed by atoms with E-state index < -0.39 is 5.60 Å². The molecule has 1 unspecified atom stereocenters. The van der Waals surface area contributed by atoms with Crippen LogP contribution < -0.4 is 15.0 Å². The number of carbonyl (C=O) groups excluding carboxylic acids is 1. The molecular weight excluding hydrogens is 568 g/mol. The lowest BCUT2D eigenvalue weighted by molar-refractivity contribution is 0.0220. The summed E-state index contributed by atoms with van der Waals surface area (Å²) in [5.74, 6) is 2.78. The Morgan fingerprint density at radius 2 is 1.78 bits per heavy atom. The number of carbonyl (C=O) groups is 1. The van der Waals surface area contributed by atoms with Crippen LogP contribution >= 0.6 is 0 Å². The highest BCUT2D eigenvalue weighted by atomic mass is 16.6. The normalized spacial score (nSPS) is 16.6. The summed E-state index contributed by atoms with van der Waals surface area (Å²) in [5.41, 5.74) is 4.22. The molecule has 4 heterocycles. The lowest BCUT2D eigenvalue weighted by Crippen LogP contribution is -2.46. The highest BCUT2D eigenvalue weighted by Gasteiger charge is 2.32. The SMILES string of the molecule is CC1COCCN1c1nc(-c2ccc(Nc3cccc(OCc4ccccc4)n3)cc2)nc2c1CCN(C(=O)OC(C)(C)C)C2. The van der Waals surface area contributed by atoms with Crippen molar-refractivity contribution in [3.05, 3.63) is 89.6 Å². The Labute approximate surface area is 264 Å². The van der Waals surface area contributed by atoms with Crippen molar-refractivity contribution in [2.45, 2.75) is 58.9 Å². The average molecular weight is 609 g/mol. The van der Waals surface area contributed by atoms with Gasteiger partial charge in [0.25, 0.3) is 0 Å². The summed E-state index contributed by atoms with van der Waals surface area (Å²) < 4.78 is 17.3. The number of hydrogen-bond acceptors (Lipinski definition) is 9. The number of nitrogens with one attached hydrogen (secondary N) is 1. The number of nitrogens with zero attached hydrogens (tertiary/aromatic N) is 5. The van der Waals surface area contributed by atoms with E-state index in [0.717, 1.165) is 40.4 Å². The molecule has 0 saturated carbocycles. The first-order valence-corrected chi connectivity index (χ1v) is 15.5. The Balaban J connectivity index is 1.22. The summed E-state index contributed by atoms with van der Waals surface area (Å²) in [4.78, 5) is 31.7. The van der Waals surface area contributed by atoms with Gasteiger partial charge in [-0.1, -0.05) is 36.4 Å². The quantitative estimate of drug-likeness (QED) is 0.256. The number of pyridine rings is 1. The minimum absolute atomic E-state index is 0.181. The predicted molar refractivity (Wildman–Crippen MR) is 174 cm³/mol. The van der Waals surface area contributed by atoms with Gasteiger partial charge in [-0.15, -0.1) is 0 Å². The highest BCUT2D eigenvalue weighted by molar-refractivity contribution is 5.70. The first-order valence-electron chi connectivity index (χ1n) is 15.5. The number of morpholine rings is 1. The fourth-order valence-corrected chi connectivity index (χ4v) is 5.45. The summed E-state index contributed by atoms with van der Waals surface area (Å²) >= 11 is 0. The topological polar surface area (TPSA) is 102 Å². The van der Waals surface area contributed by atoms with Crippen LogP contribution in [0, 0.1) is 0 Å². The number of rotatable bonds is 7. The van der Waals surface area contributed by atoms with Gasteiger partial charge in [-0.05, 0) is 70.0 Å². The van der Waals surface area contributed by atoms with Gasteiger partial charge in [-0.3, -0.25) is 0 Å². The zero-order valence-corrected chi connectivity index (χ0v) is 26.3. The van der Waals surface area contributed by atoms with E-state index in [2.05, 4.69) is 22.1 Å². The first-order chi connectivity index (χ1) is 21.7. The minimum Gasteiger partial charge on any atom is -0.473 e. The molecule has 6 rings (SSSR count). The van der Waals surface area contributed by atoms with E-state index in [1.54, 1.807) is 4.90 Å². The van der Waals surface area contributed by atoms with Gasteiger partial charge in [0.15, 0.2) is 5.82 Å². The number of anilines is 3. The standard InChI is InChI=1S/C35H40N6O4/c1-24-22-43-20-19-41(24)33-28-17-18-40(34(42)45-35(2,3)4)21-29(28)37-32(39-33)26-13-15-27(16-14-26)36-30-11-8-12-31(38-30)44-23-25-9-6-5-7-10-25/h5-16,24H,17-23H2,1-4H3,(H,36,38). The molecule has 4 aromatic rings. The van der Waals surface area contributed by atoms with Crippen LogP contribution in [0.2, 0.25) is 0 Å². The highest BCUT2D eigenvalue weighted by Crippen LogP contribution is 2.32. The predicted octanol–water partition coefficient (Wildman–Crippen LogP) is 6.38. The molecule has 0 radical (unpaired) electrons. The Hall–Kier alpha value is -4.70. The molecule has 234 valence electrons. The van der Waals surface area contributed by atoms with Crippen molar-refractivity contribution in [1.29, 1.82) is 0 Å². The third kappa shape index (κ3) is 7.51. The van der Waals surface area contributed by atoms with Crippen LogP contribution in [0.15, 0.2) is 72.8 Å². The van der Waals surface area contributed by atoms with Crippen molar-refractivity contribution in [3.63, 3.8) is 0 Å². The zero-order chi connectivity index (χ0) is 31.4. The molecule has 1 atom stereocenters. The van der Waals surface area contributed by atoms with Crippen LogP contribution in [0.1, 0.15) is 44.5 Å². The average Bonchev–Trinajstić information content (AvgIpc) is 3.03. The lowest BCUT2D eigenvalue weighted by atomic mass is 10.0. The van der Waals surface area contributed by atoms with Gasteiger partial charge in [-0.2, -0.15) is 4.98 Å². The number of benzene rings is 2. The molecule has 2 aliphatic heterocycles. The summed E-state index contributed by atoms with van der Waals surface area (Å²) in [6.07, 6.45) is 0.339. The van der Waals surface area contributed by atoms with Crippen LogP contribution in [-0.2, 0) is 29.0 Å². The van der Waals surface area contributed by atoms with E-state index in [9.17, 15) is 4.79 Å². The van der Waals surface area contributed by atoms with Crippen LogP contribution in [0.5, 0.6) is 5.88 Å². The second kappa shape index (κ2) is 13.1. The first kappa shape index (κ1) is 30.3. The minimum atomic E-state index is -0.565. The number of amides is 1. The van der Waals surface area contributed by atoms with Crippen molar-refractivity contribution < 1.29 is 19.0 Å². The van der Waals surface area contributed by atoms with Gasteiger partial charge in [0.05, 0.1) is 31.5 Å². The van der Waals surface area contributed by atoms with Gasteiger partial charge < -0.3 is 29.3 Å². The van der Waals surface area contributed by atoms with Crippen molar-refractivity contribution in [2.75, 3.05) is 36.5 Å². The molecule has 1 amide bonds. The molecule has 1 N–H and O–H groups in total. The second-order valence-electron chi connectivity index (χ2n) is 12.4. The maximum Gasteiger partial charge on any atom is 0.410 e. The van der Waals surface area contributed by atoms with Crippen molar-refractivity contribution in [3.8, 4) is 17.3 Å². The third-order valence-electron chi connectivity index (χ3n) is 7.70. The molecule has 10 nitrogen and oxygen atoms in total. The van der Waals surface area contributed by atoms with Gasteiger partial charge >= 0.3 is 6.09 Å². The largest absolute Gasteiger partial charge is 0.473 e. The fraction of sp³-hybridized carbons (Fsp3) is 0.371. The summed E-state index contributed by atoms with van der Waals surface area (Å²) in [5, 5.41) is 3.36. The molecule has 45 heavy (non-hydrogen) atoms. The molecule has 2 aliphatic rings. The lowest BCUT2D eigenvalue weighted by Gasteiger charge is -2.38. The van der Waals surface area contributed by atoms with Gasteiger partial charge in [0, 0.05) is 36.0 Å². The maximum absolute atomic E-state index is 12.9. The number of aromatic nitrogens is 3. The Kier molecular flexibility index (Phi) is 8.84. The van der Waals surface area contributed by atoms with Crippen LogP contribution in [0.25, 0.3) is 11.4 Å². The van der Waals surface area contributed by atoms with E-state index in [1.165, 1.54) is 0 Å². The monoisotopic (exact) mass is 608 g/mol. The van der Waals surface area contributed by atoms with Crippen LogP contribution in [-0.4, -0.2) is 63.9 Å². The van der Waals surface area contributed by atoms with E-state index in [1.807, 2.05) is 93.6 Å². The van der Waals surface area contributed by atoms with Crippen LogP contribution in [0.4, 0.5) is 22.1 Å². The molecule has 1 fully saturated rings. The number of fused-ring (bicyclic) bond motifs is 1. The summed E-state index contributed by atoms with van der Waals surface area (Å²) in [6, 6.07) is 23.8. The van der Waals surface area contributed by atoms with E-state index >= 15 is 0 Å². The fourth-order valence-electron chi connectivity index (χ4n) is 5.45. The summed E-state index contributed by atoms with van der Waals surface area (Å²) in [6.45, 7) is 11.2. The molecule has 0 bridgehead atoms. The number of hydrogen-bond donors (Lipinski definition) is 1. The van der Waals surface area contributed by atoms with Gasteiger partial charge in [0.2, 0.25) is 5.88 Å².